The fraction of sp³-hybridized carbons (Fsp3) is 0.611. The minimum atomic E-state index is -0.361. The Kier molecular flexibility index (Phi) is 6.35. The molecule has 1 aromatic carbocycles. The highest BCUT2D eigenvalue weighted by molar-refractivity contribution is 6.62. The first kappa shape index (κ1) is 19.6. The highest BCUT2D eigenvalue weighted by atomic mass is 16.7. The van der Waals surface area contributed by atoms with E-state index in [-0.39, 0.29) is 24.4 Å². The normalized spacial score (nSPS) is 18.0. The Morgan fingerprint density at radius 2 is 1.68 bits per heavy atom. The Labute approximate surface area is 150 Å². The summed E-state index contributed by atoms with van der Waals surface area (Å²) in [7, 11) is -0.361. The molecule has 0 radical (unpaired) electrons. The van der Waals surface area contributed by atoms with Crippen molar-refractivity contribution in [3.63, 3.8) is 0 Å². The maximum absolute atomic E-state index is 11.2. The lowest BCUT2D eigenvalue weighted by atomic mass is 9.79. The highest BCUT2D eigenvalue weighted by Crippen LogP contribution is 2.36. The van der Waals surface area contributed by atoms with Gasteiger partial charge in [-0.25, -0.2) is 4.79 Å². The van der Waals surface area contributed by atoms with Gasteiger partial charge in [0.15, 0.2) is 0 Å². The Balaban J connectivity index is 1.76. The zero-order valence-electron chi connectivity index (χ0n) is 15.8. The third kappa shape index (κ3) is 5.12. The van der Waals surface area contributed by atoms with E-state index in [2.05, 4.69) is 10.6 Å². The second-order valence-electron chi connectivity index (χ2n) is 7.15. The van der Waals surface area contributed by atoms with Crippen molar-refractivity contribution in [1.82, 2.24) is 10.6 Å². The molecule has 1 aromatic rings. The molecule has 2 rings (SSSR count). The molecule has 0 aliphatic carbocycles. The van der Waals surface area contributed by atoms with Gasteiger partial charge in [0.05, 0.1) is 17.8 Å². The number of carbonyl (C=O) groups is 1. The molecule has 2 amide bonds. The summed E-state index contributed by atoms with van der Waals surface area (Å²) in [5.41, 5.74) is 0.289. The van der Waals surface area contributed by atoms with Crippen LogP contribution in [0.2, 0.25) is 0 Å². The van der Waals surface area contributed by atoms with E-state index in [1.165, 1.54) is 0 Å². The van der Waals surface area contributed by atoms with Gasteiger partial charge >= 0.3 is 13.1 Å². The third-order valence-electron chi connectivity index (χ3n) is 4.62. The van der Waals surface area contributed by atoms with Crippen LogP contribution in [0.15, 0.2) is 24.3 Å². The minimum absolute atomic E-state index is 0.144. The molecule has 0 saturated carbocycles. The number of carbonyl (C=O) groups excluding carboxylic acids is 1. The maximum atomic E-state index is 11.2. The second-order valence-corrected chi connectivity index (χ2v) is 7.15. The molecule has 1 saturated heterocycles. The Bertz CT molecular complexity index is 559. The molecule has 0 spiro atoms. The van der Waals surface area contributed by atoms with Crippen molar-refractivity contribution < 1.29 is 18.8 Å². The average Bonchev–Trinajstić information content (AvgIpc) is 2.76. The molecule has 1 aliphatic heterocycles. The van der Waals surface area contributed by atoms with Crippen LogP contribution in [0.25, 0.3) is 0 Å². The molecule has 1 heterocycles. The van der Waals surface area contributed by atoms with Gasteiger partial charge in [0.25, 0.3) is 0 Å². The third-order valence-corrected chi connectivity index (χ3v) is 4.62. The molecule has 6 nitrogen and oxygen atoms in total. The van der Waals surface area contributed by atoms with Gasteiger partial charge in [0.1, 0.15) is 5.75 Å². The van der Waals surface area contributed by atoms with E-state index in [1.807, 2.05) is 58.9 Å². The molecule has 138 valence electrons. The van der Waals surface area contributed by atoms with Crippen LogP contribution >= 0.6 is 0 Å². The Morgan fingerprint density at radius 3 is 2.24 bits per heavy atom. The van der Waals surface area contributed by atoms with Gasteiger partial charge in [-0.3, -0.25) is 0 Å². The summed E-state index contributed by atoms with van der Waals surface area (Å²) in [6, 6.07) is 7.61. The minimum Gasteiger partial charge on any atom is -0.494 e. The van der Waals surface area contributed by atoms with Gasteiger partial charge in [-0.05, 0) is 58.6 Å². The van der Waals surface area contributed by atoms with Gasteiger partial charge in [0, 0.05) is 13.1 Å². The molecular formula is C18H29BN2O4. The monoisotopic (exact) mass is 348 g/mol. The fourth-order valence-electron chi connectivity index (χ4n) is 2.39. The topological polar surface area (TPSA) is 68.8 Å². The SMILES string of the molecule is CCNC(=O)NCCCOc1ccc(B2OC(C)(C)C(C)(C)O2)cc1. The molecule has 0 unspecified atom stereocenters. The summed E-state index contributed by atoms with van der Waals surface area (Å²) < 4.78 is 17.8. The van der Waals surface area contributed by atoms with Crippen molar-refractivity contribution in [2.75, 3.05) is 19.7 Å². The van der Waals surface area contributed by atoms with Crippen LogP contribution in [0.4, 0.5) is 4.79 Å². The number of amides is 2. The molecule has 1 fully saturated rings. The first-order valence-corrected chi connectivity index (χ1v) is 8.85. The van der Waals surface area contributed by atoms with Gasteiger partial charge in [-0.15, -0.1) is 0 Å². The lowest BCUT2D eigenvalue weighted by Crippen LogP contribution is -2.41. The second kappa shape index (κ2) is 8.10. The molecule has 1 aliphatic rings. The predicted octanol–water partition coefficient (Wildman–Crippen LogP) is 2.07. The number of urea groups is 1. The lowest BCUT2D eigenvalue weighted by Gasteiger charge is -2.32. The Hall–Kier alpha value is -1.73. The van der Waals surface area contributed by atoms with E-state index in [0.717, 1.165) is 17.6 Å². The quantitative estimate of drug-likeness (QED) is 0.585. The summed E-state index contributed by atoms with van der Waals surface area (Å²) >= 11 is 0. The summed E-state index contributed by atoms with van der Waals surface area (Å²) in [4.78, 5) is 11.2. The van der Waals surface area contributed by atoms with Crippen molar-refractivity contribution in [1.29, 1.82) is 0 Å². The van der Waals surface area contributed by atoms with Crippen LogP contribution in [0.3, 0.4) is 0 Å². The summed E-state index contributed by atoms with van der Waals surface area (Å²) in [6.45, 7) is 11.8. The number of rotatable bonds is 7. The van der Waals surface area contributed by atoms with Crippen LogP contribution in [0.1, 0.15) is 41.0 Å². The molecule has 0 bridgehead atoms. The van der Waals surface area contributed by atoms with E-state index in [0.29, 0.717) is 19.7 Å². The van der Waals surface area contributed by atoms with E-state index in [4.69, 9.17) is 14.0 Å². The lowest BCUT2D eigenvalue weighted by molar-refractivity contribution is 0.00578. The van der Waals surface area contributed by atoms with E-state index in [9.17, 15) is 4.79 Å². The van der Waals surface area contributed by atoms with Gasteiger partial charge in [-0.2, -0.15) is 0 Å². The molecule has 7 heteroatoms. The van der Waals surface area contributed by atoms with Crippen molar-refractivity contribution in [2.45, 2.75) is 52.2 Å². The molecule has 0 atom stereocenters. The summed E-state index contributed by atoms with van der Waals surface area (Å²) in [5.74, 6) is 0.790. The number of ether oxygens (including phenoxy) is 1. The van der Waals surface area contributed by atoms with E-state index >= 15 is 0 Å². The van der Waals surface area contributed by atoms with Crippen LogP contribution in [-0.4, -0.2) is 44.0 Å². The van der Waals surface area contributed by atoms with Crippen molar-refractivity contribution in [3.05, 3.63) is 24.3 Å². The van der Waals surface area contributed by atoms with Gasteiger partial charge in [0.2, 0.25) is 0 Å². The average molecular weight is 348 g/mol. The largest absolute Gasteiger partial charge is 0.494 e. The van der Waals surface area contributed by atoms with Crippen LogP contribution in [0, 0.1) is 0 Å². The van der Waals surface area contributed by atoms with Crippen LogP contribution in [0.5, 0.6) is 5.75 Å². The maximum Gasteiger partial charge on any atom is 0.494 e. The molecule has 0 aromatic heterocycles. The van der Waals surface area contributed by atoms with Crippen molar-refractivity contribution in [2.24, 2.45) is 0 Å². The number of hydrogen-bond donors (Lipinski definition) is 2. The van der Waals surface area contributed by atoms with Crippen molar-refractivity contribution >= 4 is 18.6 Å². The first-order valence-electron chi connectivity index (χ1n) is 8.85. The molecule has 25 heavy (non-hydrogen) atoms. The van der Waals surface area contributed by atoms with Crippen LogP contribution < -0.4 is 20.8 Å². The smallest absolute Gasteiger partial charge is 0.494 e. The summed E-state index contributed by atoms with van der Waals surface area (Å²) in [5, 5.41) is 5.45. The van der Waals surface area contributed by atoms with E-state index < -0.39 is 0 Å². The standard InChI is InChI=1S/C18H29BN2O4/c1-6-20-16(22)21-12-7-13-23-15-10-8-14(9-11-15)19-24-17(2,3)18(4,5)25-19/h8-11H,6-7,12-13H2,1-5H3,(H2,20,21,22). The highest BCUT2D eigenvalue weighted by Gasteiger charge is 2.51. The number of hydrogen-bond acceptors (Lipinski definition) is 4. The van der Waals surface area contributed by atoms with Crippen LogP contribution in [-0.2, 0) is 9.31 Å². The first-order chi connectivity index (χ1) is 11.7. The zero-order chi connectivity index (χ0) is 18.5. The summed E-state index contributed by atoms with van der Waals surface area (Å²) in [6.07, 6.45) is 0.746. The van der Waals surface area contributed by atoms with Gasteiger partial charge < -0.3 is 24.7 Å². The number of nitrogens with one attached hydrogen (secondary N) is 2. The fourth-order valence-corrected chi connectivity index (χ4v) is 2.39. The zero-order valence-corrected chi connectivity index (χ0v) is 15.8. The molecule has 2 N–H and O–H groups in total. The number of benzene rings is 1. The van der Waals surface area contributed by atoms with E-state index in [1.54, 1.807) is 0 Å². The van der Waals surface area contributed by atoms with Crippen molar-refractivity contribution in [3.8, 4) is 5.75 Å². The predicted molar refractivity (Wildman–Crippen MR) is 99.3 cm³/mol. The van der Waals surface area contributed by atoms with Gasteiger partial charge in [-0.1, -0.05) is 12.1 Å². The Morgan fingerprint density at radius 1 is 1.08 bits per heavy atom. The molecular weight excluding hydrogens is 319 g/mol.